The van der Waals surface area contributed by atoms with Crippen LogP contribution in [0.5, 0.6) is 0 Å². The van der Waals surface area contributed by atoms with Gasteiger partial charge in [0.15, 0.2) is 0 Å². The van der Waals surface area contributed by atoms with Crippen molar-refractivity contribution in [3.63, 3.8) is 0 Å². The molecule has 0 unspecified atom stereocenters. The number of anilines is 1. The number of nitrogens with one attached hydrogen (secondary N) is 1. The smallest absolute Gasteiger partial charge is 0.260 e. The summed E-state index contributed by atoms with van der Waals surface area (Å²) < 4.78 is 0.909. The Morgan fingerprint density at radius 3 is 1.96 bits per heavy atom. The van der Waals surface area contributed by atoms with Gasteiger partial charge in [0.2, 0.25) is 0 Å². The molecule has 0 aliphatic carbocycles. The highest BCUT2D eigenvalue weighted by molar-refractivity contribution is 9.11. The van der Waals surface area contributed by atoms with Crippen LogP contribution in [0.15, 0.2) is 96.2 Å². The van der Waals surface area contributed by atoms with Gasteiger partial charge in [0.05, 0.1) is 30.9 Å². The molecule has 0 saturated heterocycles. The van der Waals surface area contributed by atoms with E-state index in [9.17, 15) is 10.1 Å². The molecule has 10 heteroatoms. The van der Waals surface area contributed by atoms with E-state index >= 15 is 0 Å². The second-order valence-corrected chi connectivity index (χ2v) is 7.12. The largest absolute Gasteiger partial charge is 0.271 e. The molecule has 3 rings (SSSR count). The third kappa shape index (κ3) is 5.27. The van der Waals surface area contributed by atoms with E-state index < -0.39 is 4.92 Å². The highest BCUT2D eigenvalue weighted by Gasteiger charge is 2.13. The number of azo groups is 1. The van der Waals surface area contributed by atoms with Gasteiger partial charge in [0.1, 0.15) is 5.69 Å². The quantitative estimate of drug-likeness (QED) is 0.212. The number of non-ortho nitro benzene ring substituents is 1. The molecule has 0 heterocycles. The van der Waals surface area contributed by atoms with Crippen molar-refractivity contribution in [2.45, 2.75) is 0 Å². The summed E-state index contributed by atoms with van der Waals surface area (Å²) in [6.45, 7) is 0. The summed E-state index contributed by atoms with van der Waals surface area (Å²) in [5.41, 5.74) is 5.36. The summed E-state index contributed by atoms with van der Waals surface area (Å²) in [5, 5.41) is 27.1. The van der Waals surface area contributed by atoms with Crippen LogP contribution in [0.2, 0.25) is 0 Å². The monoisotopic (exact) mass is 502 g/mol. The molecule has 3 aromatic carbocycles. The number of nitrogens with zero attached hydrogens (tertiary/aromatic N) is 5. The molecule has 0 bridgehead atoms. The maximum atomic E-state index is 10.9. The van der Waals surface area contributed by atoms with Crippen LogP contribution in [0, 0.1) is 10.1 Å². The van der Waals surface area contributed by atoms with Gasteiger partial charge in [-0.15, -0.1) is 5.11 Å². The van der Waals surface area contributed by atoms with Gasteiger partial charge in [-0.3, -0.25) is 15.5 Å². The number of nitro benzene ring substituents is 1. The van der Waals surface area contributed by atoms with E-state index in [0.29, 0.717) is 26.0 Å². The molecule has 8 nitrogen and oxygen atoms in total. The van der Waals surface area contributed by atoms with E-state index in [-0.39, 0.29) is 5.69 Å². The van der Waals surface area contributed by atoms with Crippen molar-refractivity contribution in [2.24, 2.45) is 20.6 Å². The summed E-state index contributed by atoms with van der Waals surface area (Å²) in [4.78, 5) is 10.4. The van der Waals surface area contributed by atoms with Gasteiger partial charge in [-0.05, 0) is 68.3 Å². The molecule has 0 aromatic heterocycles. The fourth-order valence-electron chi connectivity index (χ4n) is 2.10. The van der Waals surface area contributed by atoms with Crippen LogP contribution in [0.1, 0.15) is 0 Å². The Morgan fingerprint density at radius 1 is 0.821 bits per heavy atom. The third-order valence-corrected chi connectivity index (χ3v) is 4.65. The third-order valence-electron chi connectivity index (χ3n) is 3.45. The van der Waals surface area contributed by atoms with Gasteiger partial charge < -0.3 is 0 Å². The van der Waals surface area contributed by atoms with Crippen molar-refractivity contribution in [3.8, 4) is 0 Å². The molecule has 0 aliphatic rings. The van der Waals surface area contributed by atoms with Gasteiger partial charge in [-0.2, -0.15) is 10.2 Å². The minimum Gasteiger partial charge on any atom is -0.260 e. The zero-order valence-corrected chi connectivity index (χ0v) is 17.3. The highest BCUT2D eigenvalue weighted by atomic mass is 79.9. The average Bonchev–Trinajstić information content (AvgIpc) is 2.70. The van der Waals surface area contributed by atoms with E-state index in [1.807, 2.05) is 30.3 Å². The van der Waals surface area contributed by atoms with E-state index in [4.69, 9.17) is 0 Å². The zero-order valence-electron chi connectivity index (χ0n) is 14.2. The number of nitro groups is 1. The number of rotatable bonds is 6. The Bertz CT molecular complexity index is 1020. The first-order chi connectivity index (χ1) is 13.5. The van der Waals surface area contributed by atoms with Gasteiger partial charge >= 0.3 is 0 Å². The molecule has 0 fully saturated rings. The molecule has 140 valence electrons. The summed E-state index contributed by atoms with van der Waals surface area (Å²) in [5.74, 6) is 0. The second-order valence-electron chi connectivity index (χ2n) is 5.41. The molecule has 0 aliphatic heterocycles. The summed E-state index contributed by atoms with van der Waals surface area (Å²) >= 11 is 6.52. The molecule has 3 aromatic rings. The van der Waals surface area contributed by atoms with Gasteiger partial charge in [-0.1, -0.05) is 23.4 Å². The standard InChI is InChI=1S/C18H12Br2N6O2/c19-16-10-15(26(27)28)11-17(20)18(16)24-25-23-14-8-6-13(7-9-14)22-21-12-4-2-1-3-5-12/h1-11H,(H,23,24). The van der Waals surface area contributed by atoms with Crippen molar-refractivity contribution in [2.75, 3.05) is 5.43 Å². The lowest BCUT2D eigenvalue weighted by Gasteiger charge is -2.02. The number of hydrogen-bond acceptors (Lipinski definition) is 6. The Labute approximate surface area is 176 Å². The zero-order chi connectivity index (χ0) is 19.9. The highest BCUT2D eigenvalue weighted by Crippen LogP contribution is 2.37. The Kier molecular flexibility index (Phi) is 6.56. The maximum absolute atomic E-state index is 10.9. The number of hydrogen-bond donors (Lipinski definition) is 1. The second kappa shape index (κ2) is 9.29. The van der Waals surface area contributed by atoms with Crippen molar-refractivity contribution in [1.29, 1.82) is 0 Å². The molecular formula is C18H12Br2N6O2. The van der Waals surface area contributed by atoms with Gasteiger partial charge in [-0.25, -0.2) is 0 Å². The van der Waals surface area contributed by atoms with Crippen LogP contribution in [0.25, 0.3) is 0 Å². The predicted molar refractivity (Wildman–Crippen MR) is 114 cm³/mol. The molecule has 0 spiro atoms. The molecular weight excluding hydrogens is 492 g/mol. The molecule has 0 amide bonds. The SMILES string of the molecule is O=[N+]([O-])c1cc(Br)c(N=NNc2ccc(N=Nc3ccccc3)cc2)c(Br)c1. The van der Waals surface area contributed by atoms with E-state index in [1.165, 1.54) is 12.1 Å². The number of halogens is 2. The first kappa shape index (κ1) is 19.8. The molecule has 0 atom stereocenters. The fourth-order valence-corrected chi connectivity index (χ4v) is 3.42. The molecule has 0 saturated carbocycles. The first-order valence-electron chi connectivity index (χ1n) is 7.90. The lowest BCUT2D eigenvalue weighted by Crippen LogP contribution is -1.89. The normalized spacial score (nSPS) is 11.2. The maximum Gasteiger partial charge on any atom is 0.271 e. The van der Waals surface area contributed by atoms with E-state index in [1.54, 1.807) is 24.3 Å². The van der Waals surface area contributed by atoms with Crippen LogP contribution >= 0.6 is 31.9 Å². The Morgan fingerprint density at radius 2 is 1.39 bits per heavy atom. The molecule has 0 radical (unpaired) electrons. The first-order valence-corrected chi connectivity index (χ1v) is 9.48. The van der Waals surface area contributed by atoms with Crippen LogP contribution in [-0.2, 0) is 0 Å². The Hall–Kier alpha value is -2.98. The minimum absolute atomic E-state index is 0.0501. The predicted octanol–water partition coefficient (Wildman–Crippen LogP) is 7.65. The fraction of sp³-hybridized carbons (Fsp3) is 0. The van der Waals surface area contributed by atoms with Crippen LogP contribution in [0.3, 0.4) is 0 Å². The van der Waals surface area contributed by atoms with E-state index in [2.05, 4.69) is 57.9 Å². The van der Waals surface area contributed by atoms with Gasteiger partial charge in [0, 0.05) is 12.1 Å². The number of benzene rings is 3. The van der Waals surface area contributed by atoms with Crippen molar-refractivity contribution >= 4 is 60.3 Å². The van der Waals surface area contributed by atoms with Crippen LogP contribution < -0.4 is 5.43 Å². The lowest BCUT2D eigenvalue weighted by molar-refractivity contribution is -0.385. The van der Waals surface area contributed by atoms with Crippen LogP contribution in [-0.4, -0.2) is 4.92 Å². The molecule has 1 N–H and O–H groups in total. The average molecular weight is 504 g/mol. The lowest BCUT2D eigenvalue weighted by atomic mass is 10.3. The summed E-state index contributed by atoms with van der Waals surface area (Å²) in [7, 11) is 0. The summed E-state index contributed by atoms with van der Waals surface area (Å²) in [6, 6.07) is 19.4. The van der Waals surface area contributed by atoms with E-state index in [0.717, 1.165) is 5.69 Å². The molecule has 28 heavy (non-hydrogen) atoms. The van der Waals surface area contributed by atoms with Crippen LogP contribution in [0.4, 0.5) is 28.4 Å². The Balaban J connectivity index is 1.65. The van der Waals surface area contributed by atoms with Gasteiger partial charge in [0.25, 0.3) is 5.69 Å². The minimum atomic E-state index is -0.481. The topological polar surface area (TPSA) is 105 Å². The van der Waals surface area contributed by atoms with Crippen molar-refractivity contribution in [1.82, 2.24) is 0 Å². The summed E-state index contributed by atoms with van der Waals surface area (Å²) in [6.07, 6.45) is 0. The van der Waals surface area contributed by atoms with Crippen molar-refractivity contribution < 1.29 is 4.92 Å². The van der Waals surface area contributed by atoms with Crippen molar-refractivity contribution in [3.05, 3.63) is 85.8 Å².